The molecule has 0 radical (unpaired) electrons. The summed E-state index contributed by atoms with van der Waals surface area (Å²) in [5.41, 5.74) is 8.21. The van der Waals surface area contributed by atoms with E-state index in [2.05, 4.69) is 9.89 Å². The third-order valence-electron chi connectivity index (χ3n) is 3.33. The van der Waals surface area contributed by atoms with Crippen LogP contribution in [0.15, 0.2) is 65.7 Å². The van der Waals surface area contributed by atoms with Crippen molar-refractivity contribution < 1.29 is 0 Å². The van der Waals surface area contributed by atoms with E-state index in [1.807, 2.05) is 60.7 Å². The van der Waals surface area contributed by atoms with Crippen LogP contribution in [0.5, 0.6) is 0 Å². The van der Waals surface area contributed by atoms with Crippen LogP contribution in [0.3, 0.4) is 0 Å². The highest BCUT2D eigenvalue weighted by Gasteiger charge is 2.39. The highest BCUT2D eigenvalue weighted by Crippen LogP contribution is 2.35. The van der Waals surface area contributed by atoms with Gasteiger partial charge in [-0.3, -0.25) is 4.90 Å². The number of amidine groups is 1. The number of nitrogens with zero attached hydrogens (tertiary/aromatic N) is 2. The van der Waals surface area contributed by atoms with E-state index in [4.69, 9.17) is 17.3 Å². The van der Waals surface area contributed by atoms with E-state index in [1.165, 1.54) is 0 Å². The maximum Gasteiger partial charge on any atom is 0.131 e. The van der Waals surface area contributed by atoms with Gasteiger partial charge >= 0.3 is 0 Å². The van der Waals surface area contributed by atoms with Crippen molar-refractivity contribution in [3.63, 3.8) is 0 Å². The minimum Gasteiger partial charge on any atom is -0.383 e. The van der Waals surface area contributed by atoms with Crippen LogP contribution in [0.25, 0.3) is 0 Å². The number of rotatable bonds is 4. The van der Waals surface area contributed by atoms with Gasteiger partial charge in [0.15, 0.2) is 0 Å². The maximum atomic E-state index is 6.14. The van der Waals surface area contributed by atoms with Gasteiger partial charge in [0.2, 0.25) is 0 Å². The summed E-state index contributed by atoms with van der Waals surface area (Å²) in [5.74, 6) is 0.537. The molecule has 2 N–H and O–H groups in total. The zero-order chi connectivity index (χ0) is 13.9. The van der Waals surface area contributed by atoms with E-state index in [0.717, 1.165) is 17.7 Å². The quantitative estimate of drug-likeness (QED) is 0.308. The van der Waals surface area contributed by atoms with Crippen molar-refractivity contribution in [1.82, 2.24) is 4.90 Å². The van der Waals surface area contributed by atoms with Crippen molar-refractivity contribution >= 4 is 17.4 Å². The Morgan fingerprint density at radius 3 is 2.20 bits per heavy atom. The number of halogens is 1. The van der Waals surface area contributed by atoms with Gasteiger partial charge in [-0.2, -0.15) is 0 Å². The molecule has 1 heterocycles. The molecule has 102 valence electrons. The van der Waals surface area contributed by atoms with E-state index < -0.39 is 0 Å². The van der Waals surface area contributed by atoms with Crippen LogP contribution >= 0.6 is 11.6 Å². The molecule has 0 aromatic heterocycles. The first-order valence-electron chi connectivity index (χ1n) is 6.59. The van der Waals surface area contributed by atoms with Gasteiger partial charge < -0.3 is 5.73 Å². The van der Waals surface area contributed by atoms with Gasteiger partial charge in [-0.1, -0.05) is 60.7 Å². The minimum atomic E-state index is -0.112. The third-order valence-corrected chi connectivity index (χ3v) is 3.72. The van der Waals surface area contributed by atoms with Crippen molar-refractivity contribution in [3.8, 4) is 0 Å². The predicted octanol–water partition coefficient (Wildman–Crippen LogP) is 2.97. The molecule has 3 rings (SSSR count). The fourth-order valence-corrected chi connectivity index (χ4v) is 2.43. The summed E-state index contributed by atoms with van der Waals surface area (Å²) in [7, 11) is 0. The molecule has 2 aromatic rings. The molecule has 3 nitrogen and oxygen atoms in total. The highest BCUT2D eigenvalue weighted by atomic mass is 35.5. The van der Waals surface area contributed by atoms with Gasteiger partial charge in [0.1, 0.15) is 12.0 Å². The second-order valence-electron chi connectivity index (χ2n) is 4.80. The Hall–Kier alpha value is -1.84. The molecule has 2 aromatic carbocycles. The minimum absolute atomic E-state index is 0.0486. The first kappa shape index (κ1) is 13.2. The topological polar surface area (TPSA) is 41.4 Å². The molecule has 0 bridgehead atoms. The van der Waals surface area contributed by atoms with Gasteiger partial charge in [-0.25, -0.2) is 4.99 Å². The van der Waals surface area contributed by atoms with Gasteiger partial charge in [0.05, 0.1) is 5.50 Å². The van der Waals surface area contributed by atoms with E-state index in [-0.39, 0.29) is 11.7 Å². The summed E-state index contributed by atoms with van der Waals surface area (Å²) >= 11 is 6.14. The molecule has 0 aliphatic carbocycles. The van der Waals surface area contributed by atoms with Gasteiger partial charge in [-0.05, 0) is 5.56 Å². The number of alkyl halides is 1. The Bertz CT molecular complexity index is 598. The number of nitrogens with two attached hydrogens (primary N) is 1. The predicted molar refractivity (Wildman–Crippen MR) is 82.7 cm³/mol. The van der Waals surface area contributed by atoms with Crippen LogP contribution in [0, 0.1) is 0 Å². The van der Waals surface area contributed by atoms with Crippen LogP contribution in [-0.2, 0) is 0 Å². The summed E-state index contributed by atoms with van der Waals surface area (Å²) in [6, 6.07) is 19.9. The molecule has 0 amide bonds. The molecule has 1 fully saturated rings. The van der Waals surface area contributed by atoms with E-state index in [0.29, 0.717) is 5.84 Å². The maximum absolute atomic E-state index is 6.14. The fraction of sp³-hybridized carbons (Fsp3) is 0.188. The number of hydrogen-bond acceptors (Lipinski definition) is 2. The van der Waals surface area contributed by atoms with E-state index in [9.17, 15) is 0 Å². The van der Waals surface area contributed by atoms with Crippen molar-refractivity contribution in [3.05, 3.63) is 71.8 Å². The lowest BCUT2D eigenvalue weighted by atomic mass is 10.1. The normalized spacial score (nSPS) is 23.4. The van der Waals surface area contributed by atoms with Crippen LogP contribution in [0.4, 0.5) is 0 Å². The largest absolute Gasteiger partial charge is 0.383 e. The first-order valence-corrected chi connectivity index (χ1v) is 7.03. The van der Waals surface area contributed by atoms with Gasteiger partial charge in [0, 0.05) is 12.1 Å². The van der Waals surface area contributed by atoms with Gasteiger partial charge in [-0.15, -0.1) is 11.6 Å². The standard InChI is InChI=1S/C16H16ClN3/c17-14-11-20(14)16(13-9-5-2-6-10-13)19-15(18)12-7-3-1-4-8-12/h1-10,14,16H,11H2,(H2,18,19). The lowest BCUT2D eigenvalue weighted by molar-refractivity contribution is 0.417. The molecule has 3 unspecified atom stereocenters. The van der Waals surface area contributed by atoms with Crippen molar-refractivity contribution in [2.24, 2.45) is 10.7 Å². The Kier molecular flexibility index (Phi) is 3.72. The molecule has 0 saturated carbocycles. The second kappa shape index (κ2) is 5.65. The van der Waals surface area contributed by atoms with Crippen molar-refractivity contribution in [2.45, 2.75) is 11.7 Å². The van der Waals surface area contributed by atoms with Gasteiger partial charge in [0.25, 0.3) is 0 Å². The third kappa shape index (κ3) is 2.84. The Balaban J connectivity index is 1.91. The SMILES string of the molecule is N/C(=N\C(c1ccccc1)N1CC1Cl)c1ccccc1. The molecule has 4 heteroatoms. The summed E-state index contributed by atoms with van der Waals surface area (Å²) in [5, 5.41) is 0. The average Bonchev–Trinajstić information content (AvgIpc) is 3.23. The number of aliphatic imine (C=N–C) groups is 1. The van der Waals surface area contributed by atoms with E-state index in [1.54, 1.807) is 0 Å². The molecule has 0 spiro atoms. The van der Waals surface area contributed by atoms with Crippen molar-refractivity contribution in [1.29, 1.82) is 0 Å². The summed E-state index contributed by atoms with van der Waals surface area (Å²) < 4.78 is 0. The van der Waals surface area contributed by atoms with Crippen LogP contribution < -0.4 is 5.73 Å². The highest BCUT2D eigenvalue weighted by molar-refractivity contribution is 6.22. The monoisotopic (exact) mass is 285 g/mol. The molecular formula is C16H16ClN3. The molecule has 3 atom stereocenters. The molecular weight excluding hydrogens is 270 g/mol. The number of benzene rings is 2. The Morgan fingerprint density at radius 1 is 1.10 bits per heavy atom. The molecule has 1 saturated heterocycles. The summed E-state index contributed by atoms with van der Waals surface area (Å²) in [6.45, 7) is 0.840. The lowest BCUT2D eigenvalue weighted by Crippen LogP contribution is -2.18. The summed E-state index contributed by atoms with van der Waals surface area (Å²) in [6.07, 6.45) is -0.112. The smallest absolute Gasteiger partial charge is 0.131 e. The number of hydrogen-bond donors (Lipinski definition) is 1. The second-order valence-corrected chi connectivity index (χ2v) is 5.30. The Labute approximate surface area is 123 Å². The molecule has 20 heavy (non-hydrogen) atoms. The fourth-order valence-electron chi connectivity index (χ4n) is 2.16. The van der Waals surface area contributed by atoms with Crippen LogP contribution in [0.1, 0.15) is 17.3 Å². The van der Waals surface area contributed by atoms with Crippen molar-refractivity contribution in [2.75, 3.05) is 6.54 Å². The van der Waals surface area contributed by atoms with Crippen LogP contribution in [0.2, 0.25) is 0 Å². The zero-order valence-corrected chi connectivity index (χ0v) is 11.7. The molecule has 1 aliphatic heterocycles. The van der Waals surface area contributed by atoms with Crippen LogP contribution in [-0.4, -0.2) is 22.8 Å². The average molecular weight is 286 g/mol. The summed E-state index contributed by atoms with van der Waals surface area (Å²) in [4.78, 5) is 6.77. The lowest BCUT2D eigenvalue weighted by Gasteiger charge is -2.15. The first-order chi connectivity index (χ1) is 9.75. The molecule has 1 aliphatic rings. The Morgan fingerprint density at radius 2 is 1.65 bits per heavy atom. The zero-order valence-electron chi connectivity index (χ0n) is 11.0. The van der Waals surface area contributed by atoms with E-state index >= 15 is 0 Å².